The first kappa shape index (κ1) is 21.9. The average molecular weight is 459 g/mol. The second-order valence-corrected chi connectivity index (χ2v) is 6.74. The second-order valence-electron chi connectivity index (χ2n) is 6.74. The molecule has 0 fully saturated rings. The van der Waals surface area contributed by atoms with E-state index in [1.165, 1.54) is 31.6 Å². The molecule has 0 saturated carbocycles. The van der Waals surface area contributed by atoms with Crippen molar-refractivity contribution in [3.05, 3.63) is 77.0 Å². The Hall–Kier alpha value is -4.35. The van der Waals surface area contributed by atoms with Crippen molar-refractivity contribution in [2.45, 2.75) is 12.7 Å². The van der Waals surface area contributed by atoms with Crippen molar-refractivity contribution in [1.29, 1.82) is 0 Å². The van der Waals surface area contributed by atoms with Crippen LogP contribution in [0.25, 0.3) is 5.65 Å². The first-order valence-corrected chi connectivity index (χ1v) is 9.48. The third-order valence-corrected chi connectivity index (χ3v) is 4.52. The maximum Gasteiger partial charge on any atom is 0.418 e. The van der Waals surface area contributed by atoms with Gasteiger partial charge in [0.15, 0.2) is 0 Å². The molecule has 1 amide bonds. The van der Waals surface area contributed by atoms with Gasteiger partial charge in [-0.25, -0.2) is 18.9 Å². The number of carbonyl (C=O) groups is 1. The number of benzene rings is 2. The maximum atomic E-state index is 13.1. The Morgan fingerprint density at radius 3 is 2.64 bits per heavy atom. The van der Waals surface area contributed by atoms with Gasteiger partial charge in [-0.05, 0) is 24.3 Å². The molecule has 0 radical (unpaired) electrons. The normalized spacial score (nSPS) is 11.4. The van der Waals surface area contributed by atoms with Crippen LogP contribution < -0.4 is 20.5 Å². The molecule has 4 rings (SSSR count). The van der Waals surface area contributed by atoms with Crippen LogP contribution in [0.1, 0.15) is 5.56 Å². The molecular formula is C21H16F3N5O4. The van der Waals surface area contributed by atoms with E-state index in [4.69, 9.17) is 9.47 Å². The van der Waals surface area contributed by atoms with Gasteiger partial charge in [0.2, 0.25) is 11.6 Å². The molecule has 4 aromatic rings. The lowest BCUT2D eigenvalue weighted by Crippen LogP contribution is -2.28. The summed E-state index contributed by atoms with van der Waals surface area (Å²) in [4.78, 5) is 29.1. The number of alkyl halides is 3. The van der Waals surface area contributed by atoms with E-state index in [-0.39, 0.29) is 11.5 Å². The lowest BCUT2D eigenvalue weighted by molar-refractivity contribution is -0.137. The van der Waals surface area contributed by atoms with E-state index in [1.807, 2.05) is 0 Å². The number of nitrogens with zero attached hydrogens (tertiary/aromatic N) is 4. The van der Waals surface area contributed by atoms with Crippen molar-refractivity contribution in [2.24, 2.45) is 0 Å². The highest BCUT2D eigenvalue weighted by Crippen LogP contribution is 2.34. The molecule has 0 aliphatic rings. The molecule has 0 saturated heterocycles. The number of methoxy groups -OCH3 is 1. The smallest absolute Gasteiger partial charge is 0.418 e. The molecule has 2 aromatic carbocycles. The Bertz CT molecular complexity index is 1380. The van der Waals surface area contributed by atoms with Gasteiger partial charge in [0.25, 0.3) is 5.88 Å². The molecule has 0 aliphatic heterocycles. The molecule has 12 heteroatoms. The van der Waals surface area contributed by atoms with E-state index in [9.17, 15) is 22.8 Å². The van der Waals surface area contributed by atoms with Gasteiger partial charge in [0.05, 0.1) is 18.4 Å². The van der Waals surface area contributed by atoms with Crippen LogP contribution >= 0.6 is 0 Å². The molecule has 0 atom stereocenters. The highest BCUT2D eigenvalue weighted by Gasteiger charge is 2.33. The topological polar surface area (TPSA) is 99.8 Å². The van der Waals surface area contributed by atoms with Gasteiger partial charge in [0, 0.05) is 18.5 Å². The summed E-state index contributed by atoms with van der Waals surface area (Å²) in [5.41, 5.74) is -2.09. The van der Waals surface area contributed by atoms with E-state index in [2.05, 4.69) is 15.4 Å². The minimum absolute atomic E-state index is 0.00979. The van der Waals surface area contributed by atoms with Crippen molar-refractivity contribution < 1.29 is 27.4 Å². The third-order valence-electron chi connectivity index (χ3n) is 4.52. The number of carbonyl (C=O) groups excluding carboxylic acids is 1. The molecule has 0 unspecified atom stereocenters. The Morgan fingerprint density at radius 2 is 1.88 bits per heavy atom. The predicted molar refractivity (Wildman–Crippen MR) is 110 cm³/mol. The number of anilines is 1. The lowest BCUT2D eigenvalue weighted by atomic mass is 10.1. The van der Waals surface area contributed by atoms with Gasteiger partial charge in [-0.3, -0.25) is 4.79 Å². The SMILES string of the molecule is COc1cccc(Oc2nccn3c(=O)n(CC(=O)Nc4ccccc4C(F)(F)F)nc23)c1. The van der Waals surface area contributed by atoms with Crippen molar-refractivity contribution in [2.75, 3.05) is 12.4 Å². The molecular weight excluding hydrogens is 443 g/mol. The number of rotatable bonds is 6. The Morgan fingerprint density at radius 1 is 1.12 bits per heavy atom. The molecule has 1 N–H and O–H groups in total. The van der Waals surface area contributed by atoms with Gasteiger partial charge in [-0.1, -0.05) is 18.2 Å². The van der Waals surface area contributed by atoms with Gasteiger partial charge in [0.1, 0.15) is 18.0 Å². The third kappa shape index (κ3) is 4.63. The van der Waals surface area contributed by atoms with Crippen LogP contribution in [0.2, 0.25) is 0 Å². The van der Waals surface area contributed by atoms with Crippen LogP contribution in [-0.4, -0.2) is 32.2 Å². The highest BCUT2D eigenvalue weighted by atomic mass is 19.4. The van der Waals surface area contributed by atoms with Crippen LogP contribution in [0.5, 0.6) is 17.4 Å². The summed E-state index contributed by atoms with van der Waals surface area (Å²) in [7, 11) is 1.50. The number of hydrogen-bond donors (Lipinski definition) is 1. The number of halogens is 3. The predicted octanol–water partition coefficient (Wildman–Crippen LogP) is 3.35. The summed E-state index contributed by atoms with van der Waals surface area (Å²) in [6.07, 6.45) is -2.01. The van der Waals surface area contributed by atoms with Crippen molar-refractivity contribution in [3.8, 4) is 17.4 Å². The number of amides is 1. The van der Waals surface area contributed by atoms with Gasteiger partial charge in [-0.2, -0.15) is 13.2 Å². The zero-order valence-electron chi connectivity index (χ0n) is 17.0. The zero-order chi connectivity index (χ0) is 23.6. The molecule has 0 bridgehead atoms. The van der Waals surface area contributed by atoms with Crippen molar-refractivity contribution in [1.82, 2.24) is 19.2 Å². The van der Waals surface area contributed by atoms with Gasteiger partial charge in [-0.15, -0.1) is 5.10 Å². The number of aromatic nitrogens is 4. The quantitative estimate of drug-likeness (QED) is 0.475. The van der Waals surface area contributed by atoms with E-state index in [0.717, 1.165) is 21.2 Å². The van der Waals surface area contributed by atoms with E-state index in [1.54, 1.807) is 24.3 Å². The molecule has 0 spiro atoms. The number of para-hydroxylation sites is 1. The number of ether oxygens (including phenoxy) is 2. The van der Waals surface area contributed by atoms with E-state index in [0.29, 0.717) is 11.5 Å². The summed E-state index contributed by atoms with van der Waals surface area (Å²) < 4.78 is 52.2. The summed E-state index contributed by atoms with van der Waals surface area (Å²) in [5, 5.41) is 6.24. The monoisotopic (exact) mass is 459 g/mol. The first-order valence-electron chi connectivity index (χ1n) is 9.48. The van der Waals surface area contributed by atoms with Crippen LogP contribution in [0, 0.1) is 0 Å². The molecule has 33 heavy (non-hydrogen) atoms. The maximum absolute atomic E-state index is 13.1. The van der Waals surface area contributed by atoms with Gasteiger partial charge >= 0.3 is 11.9 Å². The van der Waals surface area contributed by atoms with Crippen LogP contribution in [-0.2, 0) is 17.5 Å². The molecule has 2 heterocycles. The fraction of sp³-hybridized carbons (Fsp3) is 0.143. The van der Waals surface area contributed by atoms with E-state index < -0.39 is 35.6 Å². The highest BCUT2D eigenvalue weighted by molar-refractivity contribution is 5.91. The number of nitrogens with one attached hydrogen (secondary N) is 1. The first-order chi connectivity index (χ1) is 15.8. The summed E-state index contributed by atoms with van der Waals surface area (Å²) in [6, 6.07) is 11.2. The summed E-state index contributed by atoms with van der Waals surface area (Å²) in [6.45, 7) is -0.620. The van der Waals surface area contributed by atoms with Crippen LogP contribution in [0.4, 0.5) is 18.9 Å². The Labute approximate surface area is 184 Å². The minimum Gasteiger partial charge on any atom is -0.497 e. The van der Waals surface area contributed by atoms with Crippen molar-refractivity contribution in [3.63, 3.8) is 0 Å². The fourth-order valence-corrected chi connectivity index (χ4v) is 3.04. The standard InChI is InChI=1S/C21H16F3N5O4/c1-32-13-5-4-6-14(11-13)33-19-18-27-29(20(31)28(18)10-9-25-19)12-17(30)26-16-8-3-2-7-15(16)21(22,23)24/h2-11H,12H2,1H3,(H,26,30). The van der Waals surface area contributed by atoms with Gasteiger partial charge < -0.3 is 14.8 Å². The minimum atomic E-state index is -4.65. The fourth-order valence-electron chi connectivity index (χ4n) is 3.04. The summed E-state index contributed by atoms with van der Waals surface area (Å²) in [5.74, 6) is 0.0430. The Balaban J connectivity index is 1.60. The van der Waals surface area contributed by atoms with E-state index >= 15 is 0 Å². The lowest BCUT2D eigenvalue weighted by Gasteiger charge is -2.13. The molecule has 9 nitrogen and oxygen atoms in total. The van der Waals surface area contributed by atoms with Crippen LogP contribution in [0.15, 0.2) is 65.7 Å². The average Bonchev–Trinajstić information content (AvgIpc) is 3.10. The Kier molecular flexibility index (Phi) is 5.73. The van der Waals surface area contributed by atoms with Crippen molar-refractivity contribution >= 4 is 17.2 Å². The second kappa shape index (κ2) is 8.65. The molecule has 2 aromatic heterocycles. The van der Waals surface area contributed by atoms with Crippen LogP contribution in [0.3, 0.4) is 0 Å². The number of fused-ring (bicyclic) bond motifs is 1. The summed E-state index contributed by atoms with van der Waals surface area (Å²) >= 11 is 0. The zero-order valence-corrected chi connectivity index (χ0v) is 17.0. The number of hydrogen-bond acceptors (Lipinski definition) is 6. The largest absolute Gasteiger partial charge is 0.497 e. The molecule has 170 valence electrons. The molecule has 0 aliphatic carbocycles.